The summed E-state index contributed by atoms with van der Waals surface area (Å²) in [5.41, 5.74) is 0.435. The molecule has 5 nitrogen and oxygen atoms in total. The average molecular weight is 265 g/mol. The molecule has 0 saturated carbocycles. The Labute approximate surface area is 114 Å². The number of amides is 1. The van der Waals surface area contributed by atoms with Crippen LogP contribution in [0.25, 0.3) is 0 Å². The summed E-state index contributed by atoms with van der Waals surface area (Å²) in [6, 6.07) is 5.47. The van der Waals surface area contributed by atoms with Gasteiger partial charge in [0.25, 0.3) is 5.91 Å². The lowest BCUT2D eigenvalue weighted by molar-refractivity contribution is 0.0687. The highest BCUT2D eigenvalue weighted by atomic mass is 16.3. The number of aromatic nitrogens is 1. The van der Waals surface area contributed by atoms with Crippen LogP contribution in [0.15, 0.2) is 18.2 Å². The molecule has 0 aliphatic rings. The van der Waals surface area contributed by atoms with E-state index < -0.39 is 0 Å². The van der Waals surface area contributed by atoms with Crippen LogP contribution < -0.4 is 5.32 Å². The van der Waals surface area contributed by atoms with Crippen LogP contribution in [0.1, 0.15) is 37.7 Å². The van der Waals surface area contributed by atoms with E-state index in [2.05, 4.69) is 10.3 Å². The molecular formula is C14H23N3O2. The number of pyridine rings is 1. The Morgan fingerprint density at radius 1 is 1.47 bits per heavy atom. The number of nitrogens with one attached hydrogen (secondary N) is 1. The highest BCUT2D eigenvalue weighted by molar-refractivity contribution is 5.92. The second kappa shape index (κ2) is 7.74. The first-order valence-corrected chi connectivity index (χ1v) is 6.72. The Bertz CT molecular complexity index is 407. The third-order valence-corrected chi connectivity index (χ3v) is 2.77. The quantitative estimate of drug-likeness (QED) is 0.788. The maximum absolute atomic E-state index is 12.4. The van der Waals surface area contributed by atoms with Gasteiger partial charge in [-0.25, -0.2) is 4.98 Å². The maximum atomic E-state index is 12.4. The lowest BCUT2D eigenvalue weighted by Gasteiger charge is -2.26. The summed E-state index contributed by atoms with van der Waals surface area (Å²) >= 11 is 0. The number of rotatable bonds is 7. The van der Waals surface area contributed by atoms with Crippen LogP contribution in [0.5, 0.6) is 0 Å². The Morgan fingerprint density at radius 3 is 2.79 bits per heavy atom. The standard InChI is InChI=1S/C14H23N3O2/c1-4-15-13-8-5-7-12(16-13)14(19)17(11(2)3)9-6-10-18/h5,7-8,11,18H,4,6,9-10H2,1-3H3,(H,15,16). The summed E-state index contributed by atoms with van der Waals surface area (Å²) in [7, 11) is 0. The minimum atomic E-state index is -0.0943. The smallest absolute Gasteiger partial charge is 0.272 e. The summed E-state index contributed by atoms with van der Waals surface area (Å²) in [4.78, 5) is 18.4. The molecule has 0 aromatic carbocycles. The van der Waals surface area contributed by atoms with E-state index in [0.717, 1.165) is 6.54 Å². The molecule has 0 unspecified atom stereocenters. The fraction of sp³-hybridized carbons (Fsp3) is 0.571. The van der Waals surface area contributed by atoms with Gasteiger partial charge in [0, 0.05) is 25.7 Å². The van der Waals surface area contributed by atoms with E-state index in [-0.39, 0.29) is 18.6 Å². The lowest BCUT2D eigenvalue weighted by Crippen LogP contribution is -2.38. The molecule has 1 heterocycles. The van der Waals surface area contributed by atoms with Crippen LogP contribution in [0, 0.1) is 0 Å². The predicted octanol–water partition coefficient (Wildman–Crippen LogP) is 1.75. The molecular weight excluding hydrogens is 242 g/mol. The van der Waals surface area contributed by atoms with E-state index in [4.69, 9.17) is 5.11 Å². The molecule has 19 heavy (non-hydrogen) atoms. The van der Waals surface area contributed by atoms with Gasteiger partial charge in [0.2, 0.25) is 0 Å². The van der Waals surface area contributed by atoms with E-state index in [1.54, 1.807) is 11.0 Å². The number of aliphatic hydroxyl groups is 1. The minimum Gasteiger partial charge on any atom is -0.396 e. The summed E-state index contributed by atoms with van der Waals surface area (Å²) in [6.07, 6.45) is 0.580. The largest absolute Gasteiger partial charge is 0.396 e. The molecule has 1 aromatic heterocycles. The third kappa shape index (κ3) is 4.52. The van der Waals surface area contributed by atoms with Crippen LogP contribution >= 0.6 is 0 Å². The summed E-state index contributed by atoms with van der Waals surface area (Å²) in [5, 5.41) is 12.0. The number of anilines is 1. The number of hydrogen-bond acceptors (Lipinski definition) is 4. The zero-order valence-electron chi connectivity index (χ0n) is 11.9. The van der Waals surface area contributed by atoms with Gasteiger partial charge in [0.1, 0.15) is 11.5 Å². The summed E-state index contributed by atoms with van der Waals surface area (Å²) < 4.78 is 0. The molecule has 0 fully saturated rings. The van der Waals surface area contributed by atoms with Crippen LogP contribution in [0.2, 0.25) is 0 Å². The second-order valence-corrected chi connectivity index (χ2v) is 4.61. The van der Waals surface area contributed by atoms with Gasteiger partial charge in [-0.15, -0.1) is 0 Å². The van der Waals surface area contributed by atoms with Gasteiger partial charge < -0.3 is 15.3 Å². The molecule has 0 bridgehead atoms. The zero-order valence-corrected chi connectivity index (χ0v) is 11.9. The molecule has 0 aliphatic carbocycles. The van der Waals surface area contributed by atoms with Crippen molar-refractivity contribution < 1.29 is 9.90 Å². The molecule has 106 valence electrons. The van der Waals surface area contributed by atoms with E-state index >= 15 is 0 Å². The number of carbonyl (C=O) groups excluding carboxylic acids is 1. The molecule has 1 amide bonds. The molecule has 0 saturated heterocycles. The van der Waals surface area contributed by atoms with Crippen molar-refractivity contribution in [2.24, 2.45) is 0 Å². The Morgan fingerprint density at radius 2 is 2.21 bits per heavy atom. The fourth-order valence-electron chi connectivity index (χ4n) is 1.82. The highest BCUT2D eigenvalue weighted by Crippen LogP contribution is 2.10. The predicted molar refractivity (Wildman–Crippen MR) is 76.3 cm³/mol. The first kappa shape index (κ1) is 15.4. The molecule has 0 spiro atoms. The molecule has 0 aliphatic heterocycles. The van der Waals surface area contributed by atoms with Crippen molar-refractivity contribution in [1.82, 2.24) is 9.88 Å². The van der Waals surface area contributed by atoms with Gasteiger partial charge in [-0.2, -0.15) is 0 Å². The van der Waals surface area contributed by atoms with Crippen molar-refractivity contribution in [3.05, 3.63) is 23.9 Å². The van der Waals surface area contributed by atoms with Crippen LogP contribution in [-0.2, 0) is 0 Å². The van der Waals surface area contributed by atoms with Gasteiger partial charge in [-0.3, -0.25) is 4.79 Å². The fourth-order valence-corrected chi connectivity index (χ4v) is 1.82. The van der Waals surface area contributed by atoms with Crippen molar-refractivity contribution in [2.45, 2.75) is 33.2 Å². The van der Waals surface area contributed by atoms with Gasteiger partial charge in [0.05, 0.1) is 0 Å². The third-order valence-electron chi connectivity index (χ3n) is 2.77. The average Bonchev–Trinajstić information content (AvgIpc) is 2.39. The maximum Gasteiger partial charge on any atom is 0.272 e. The van der Waals surface area contributed by atoms with E-state index in [9.17, 15) is 4.79 Å². The molecule has 1 rings (SSSR count). The van der Waals surface area contributed by atoms with Crippen molar-refractivity contribution in [1.29, 1.82) is 0 Å². The molecule has 0 radical (unpaired) electrons. The number of aliphatic hydroxyl groups excluding tert-OH is 1. The Kier molecular flexibility index (Phi) is 6.29. The van der Waals surface area contributed by atoms with Gasteiger partial charge in [-0.1, -0.05) is 6.07 Å². The number of hydrogen-bond donors (Lipinski definition) is 2. The normalized spacial score (nSPS) is 10.6. The first-order valence-electron chi connectivity index (χ1n) is 6.72. The van der Waals surface area contributed by atoms with Gasteiger partial charge >= 0.3 is 0 Å². The monoisotopic (exact) mass is 265 g/mol. The van der Waals surface area contributed by atoms with E-state index in [1.165, 1.54) is 0 Å². The Hall–Kier alpha value is -1.62. The molecule has 2 N–H and O–H groups in total. The molecule has 5 heteroatoms. The van der Waals surface area contributed by atoms with Crippen molar-refractivity contribution in [2.75, 3.05) is 25.0 Å². The Balaban J connectivity index is 2.86. The molecule has 1 aromatic rings. The molecule has 0 atom stereocenters. The van der Waals surface area contributed by atoms with Crippen molar-refractivity contribution in [3.63, 3.8) is 0 Å². The topological polar surface area (TPSA) is 65.5 Å². The number of carbonyl (C=O) groups is 1. The highest BCUT2D eigenvalue weighted by Gasteiger charge is 2.19. The van der Waals surface area contributed by atoms with Crippen LogP contribution in [0.4, 0.5) is 5.82 Å². The van der Waals surface area contributed by atoms with Crippen molar-refractivity contribution in [3.8, 4) is 0 Å². The zero-order chi connectivity index (χ0) is 14.3. The second-order valence-electron chi connectivity index (χ2n) is 4.61. The lowest BCUT2D eigenvalue weighted by atomic mass is 10.2. The van der Waals surface area contributed by atoms with E-state index in [1.807, 2.05) is 32.9 Å². The van der Waals surface area contributed by atoms with E-state index in [0.29, 0.717) is 24.5 Å². The summed E-state index contributed by atoms with van der Waals surface area (Å²) in [5.74, 6) is 0.613. The number of nitrogens with zero attached hydrogens (tertiary/aromatic N) is 2. The van der Waals surface area contributed by atoms with Gasteiger partial charge in [-0.05, 0) is 39.3 Å². The van der Waals surface area contributed by atoms with Gasteiger partial charge in [0.15, 0.2) is 0 Å². The van der Waals surface area contributed by atoms with Crippen molar-refractivity contribution >= 4 is 11.7 Å². The van der Waals surface area contributed by atoms with Crippen LogP contribution in [-0.4, -0.2) is 46.6 Å². The minimum absolute atomic E-state index is 0.0847. The SMILES string of the molecule is CCNc1cccc(C(=O)N(CCCO)C(C)C)n1. The first-order chi connectivity index (χ1) is 9.10. The summed E-state index contributed by atoms with van der Waals surface area (Å²) in [6.45, 7) is 7.30. The van der Waals surface area contributed by atoms with Crippen LogP contribution in [0.3, 0.4) is 0 Å².